The van der Waals surface area contributed by atoms with Crippen LogP contribution in [0.15, 0.2) is 0 Å². The van der Waals surface area contributed by atoms with Gasteiger partial charge in [-0.15, -0.1) is 0 Å². The first kappa shape index (κ1) is 11.9. The molecule has 2 fully saturated rings. The molecular weight excluding hydrogens is 204 g/mol. The second kappa shape index (κ2) is 4.72. The van der Waals surface area contributed by atoms with E-state index < -0.39 is 5.41 Å². The molecule has 1 saturated carbocycles. The number of carbonyl (C=O) groups is 1. The maximum absolute atomic E-state index is 12.0. The van der Waals surface area contributed by atoms with Gasteiger partial charge in [0, 0.05) is 6.04 Å². The Bertz CT molecular complexity index is 250. The topological polar surface area (TPSA) is 52.6 Å². The lowest BCUT2D eigenvalue weighted by Gasteiger charge is -2.40. The Labute approximate surface area is 97.0 Å². The van der Waals surface area contributed by atoms with E-state index in [9.17, 15) is 9.90 Å². The molecule has 2 rings (SSSR count). The van der Waals surface area contributed by atoms with Gasteiger partial charge >= 0.3 is 0 Å². The molecule has 1 aliphatic heterocycles. The average Bonchev–Trinajstić information content (AvgIpc) is 2.21. The van der Waals surface area contributed by atoms with Gasteiger partial charge in [-0.3, -0.25) is 4.79 Å². The molecule has 2 N–H and O–H groups in total. The van der Waals surface area contributed by atoms with E-state index >= 15 is 0 Å². The summed E-state index contributed by atoms with van der Waals surface area (Å²) in [5, 5.41) is 12.4. The van der Waals surface area contributed by atoms with Crippen LogP contribution < -0.4 is 5.32 Å². The number of nitrogens with one attached hydrogen (secondary N) is 1. The van der Waals surface area contributed by atoms with Crippen molar-refractivity contribution in [2.24, 2.45) is 5.41 Å². The summed E-state index contributed by atoms with van der Waals surface area (Å²) in [6, 6.07) is 0.313. The van der Waals surface area contributed by atoms with Gasteiger partial charge in [-0.2, -0.15) is 0 Å². The fourth-order valence-electron chi connectivity index (χ4n) is 2.55. The zero-order chi connectivity index (χ0) is 11.6. The first-order valence-electron chi connectivity index (χ1n) is 6.27. The molecule has 0 aromatic rings. The van der Waals surface area contributed by atoms with E-state index in [1.165, 1.54) is 0 Å². The van der Waals surface area contributed by atoms with Crippen LogP contribution in [0.3, 0.4) is 0 Å². The molecule has 1 amide bonds. The average molecular weight is 226 g/mol. The van der Waals surface area contributed by atoms with Crippen LogP contribution in [0.4, 0.5) is 0 Å². The van der Waals surface area contributed by atoms with Gasteiger partial charge in [0.15, 0.2) is 0 Å². The summed E-state index contributed by atoms with van der Waals surface area (Å²) < 4.78 is 0. The van der Waals surface area contributed by atoms with Crippen LogP contribution in [0.1, 0.15) is 32.1 Å². The first-order chi connectivity index (χ1) is 7.66. The largest absolute Gasteiger partial charge is 0.395 e. The molecule has 0 spiro atoms. The van der Waals surface area contributed by atoms with Crippen LogP contribution in [0, 0.1) is 5.41 Å². The molecule has 0 aromatic heterocycles. The molecule has 2 aliphatic rings. The Kier molecular flexibility index (Phi) is 3.50. The number of hydrogen-bond acceptors (Lipinski definition) is 3. The van der Waals surface area contributed by atoms with E-state index in [1.807, 2.05) is 0 Å². The van der Waals surface area contributed by atoms with Crippen LogP contribution in [0.5, 0.6) is 0 Å². The van der Waals surface area contributed by atoms with E-state index in [2.05, 4.69) is 17.3 Å². The molecular formula is C12H22N2O2. The summed E-state index contributed by atoms with van der Waals surface area (Å²) in [6.45, 7) is 2.11. The third kappa shape index (κ3) is 2.23. The molecule has 16 heavy (non-hydrogen) atoms. The maximum Gasteiger partial charge on any atom is 0.228 e. The molecule has 1 saturated heterocycles. The first-order valence-corrected chi connectivity index (χ1v) is 6.27. The van der Waals surface area contributed by atoms with Crippen molar-refractivity contribution in [3.05, 3.63) is 0 Å². The highest BCUT2D eigenvalue weighted by Gasteiger charge is 2.44. The van der Waals surface area contributed by atoms with Crippen molar-refractivity contribution >= 4 is 5.91 Å². The van der Waals surface area contributed by atoms with Gasteiger partial charge < -0.3 is 15.3 Å². The van der Waals surface area contributed by atoms with Gasteiger partial charge in [0.25, 0.3) is 0 Å². The molecule has 0 aromatic carbocycles. The summed E-state index contributed by atoms with van der Waals surface area (Å²) in [7, 11) is 2.11. The smallest absolute Gasteiger partial charge is 0.228 e. The van der Waals surface area contributed by atoms with Gasteiger partial charge in [-0.1, -0.05) is 6.42 Å². The molecule has 4 nitrogen and oxygen atoms in total. The lowest BCUT2D eigenvalue weighted by atomic mass is 9.68. The van der Waals surface area contributed by atoms with Gasteiger partial charge in [-0.25, -0.2) is 0 Å². The molecule has 4 heteroatoms. The maximum atomic E-state index is 12.0. The molecule has 0 bridgehead atoms. The summed E-state index contributed by atoms with van der Waals surface area (Å²) in [5.74, 6) is 0.0794. The fourth-order valence-corrected chi connectivity index (χ4v) is 2.55. The molecule has 92 valence electrons. The van der Waals surface area contributed by atoms with E-state index in [1.54, 1.807) is 0 Å². The van der Waals surface area contributed by atoms with E-state index in [0.717, 1.165) is 45.2 Å². The minimum atomic E-state index is -0.441. The SMILES string of the molecule is CN1CCC(NC(=O)C2(CO)CCC2)CC1. The third-order valence-electron chi connectivity index (χ3n) is 4.15. The van der Waals surface area contributed by atoms with Crippen molar-refractivity contribution in [3.63, 3.8) is 0 Å². The lowest BCUT2D eigenvalue weighted by Crippen LogP contribution is -2.53. The second-order valence-electron chi connectivity index (χ2n) is 5.34. The number of aliphatic hydroxyl groups excluding tert-OH is 1. The van der Waals surface area contributed by atoms with Gasteiger partial charge in [0.05, 0.1) is 12.0 Å². The monoisotopic (exact) mass is 226 g/mol. The number of piperidine rings is 1. The summed E-state index contributed by atoms with van der Waals surface area (Å²) in [6.07, 6.45) is 4.83. The van der Waals surface area contributed by atoms with E-state index in [-0.39, 0.29) is 12.5 Å². The number of carbonyl (C=O) groups excluding carboxylic acids is 1. The number of aliphatic hydroxyl groups is 1. The fraction of sp³-hybridized carbons (Fsp3) is 0.917. The Balaban J connectivity index is 1.83. The van der Waals surface area contributed by atoms with Crippen molar-refractivity contribution in [1.29, 1.82) is 0 Å². The summed E-state index contributed by atoms with van der Waals surface area (Å²) in [5.41, 5.74) is -0.441. The van der Waals surface area contributed by atoms with Crippen LogP contribution in [0.25, 0.3) is 0 Å². The summed E-state index contributed by atoms with van der Waals surface area (Å²) in [4.78, 5) is 14.3. The lowest BCUT2D eigenvalue weighted by molar-refractivity contribution is -0.140. The third-order valence-corrected chi connectivity index (χ3v) is 4.15. The van der Waals surface area contributed by atoms with Crippen molar-refractivity contribution in [1.82, 2.24) is 10.2 Å². The highest BCUT2D eigenvalue weighted by molar-refractivity contribution is 5.83. The minimum Gasteiger partial charge on any atom is -0.395 e. The Morgan fingerprint density at radius 2 is 2.06 bits per heavy atom. The van der Waals surface area contributed by atoms with E-state index in [0.29, 0.717) is 6.04 Å². The highest BCUT2D eigenvalue weighted by Crippen LogP contribution is 2.40. The van der Waals surface area contributed by atoms with E-state index in [4.69, 9.17) is 0 Å². The molecule has 1 aliphatic carbocycles. The predicted molar refractivity (Wildman–Crippen MR) is 62.0 cm³/mol. The second-order valence-corrected chi connectivity index (χ2v) is 5.34. The Morgan fingerprint density at radius 3 is 2.50 bits per heavy atom. The Morgan fingerprint density at radius 1 is 1.44 bits per heavy atom. The molecule has 0 atom stereocenters. The number of rotatable bonds is 3. The van der Waals surface area contributed by atoms with Crippen LogP contribution >= 0.6 is 0 Å². The van der Waals surface area contributed by atoms with Gasteiger partial charge in [0.1, 0.15) is 0 Å². The van der Waals surface area contributed by atoms with Crippen LogP contribution in [-0.4, -0.2) is 48.7 Å². The van der Waals surface area contributed by atoms with Gasteiger partial charge in [-0.05, 0) is 45.8 Å². The Hall–Kier alpha value is -0.610. The standard InChI is InChI=1S/C12H22N2O2/c1-14-7-3-10(4-8-14)13-11(16)12(9-15)5-2-6-12/h10,15H,2-9H2,1H3,(H,13,16). The van der Waals surface area contributed by atoms with Crippen molar-refractivity contribution in [2.45, 2.75) is 38.1 Å². The van der Waals surface area contributed by atoms with Crippen LogP contribution in [-0.2, 0) is 4.79 Å². The van der Waals surface area contributed by atoms with Crippen molar-refractivity contribution in [2.75, 3.05) is 26.7 Å². The van der Waals surface area contributed by atoms with Gasteiger partial charge in [0.2, 0.25) is 5.91 Å². The molecule has 1 heterocycles. The number of hydrogen-bond donors (Lipinski definition) is 2. The zero-order valence-electron chi connectivity index (χ0n) is 10.0. The molecule has 0 radical (unpaired) electrons. The minimum absolute atomic E-state index is 0.00541. The predicted octanol–water partition coefficient (Wildman–Crippen LogP) is 0.359. The van der Waals surface area contributed by atoms with Crippen molar-refractivity contribution < 1.29 is 9.90 Å². The van der Waals surface area contributed by atoms with Crippen molar-refractivity contribution in [3.8, 4) is 0 Å². The normalized spacial score (nSPS) is 26.1. The quantitative estimate of drug-likeness (QED) is 0.730. The van der Waals surface area contributed by atoms with Crippen LogP contribution in [0.2, 0.25) is 0 Å². The molecule has 0 unspecified atom stereocenters. The number of likely N-dealkylation sites (tertiary alicyclic amines) is 1. The summed E-state index contributed by atoms with van der Waals surface area (Å²) >= 11 is 0. The zero-order valence-corrected chi connectivity index (χ0v) is 10.0. The number of amides is 1. The number of nitrogens with zero attached hydrogens (tertiary/aromatic N) is 1. The highest BCUT2D eigenvalue weighted by atomic mass is 16.3.